The first-order valence-corrected chi connectivity index (χ1v) is 6.15. The summed E-state index contributed by atoms with van der Waals surface area (Å²) < 4.78 is 0. The molecule has 1 aromatic heterocycles. The van der Waals surface area contributed by atoms with Gasteiger partial charge in [0.05, 0.1) is 5.56 Å². The number of ketones is 1. The van der Waals surface area contributed by atoms with Gasteiger partial charge in [0.25, 0.3) is 0 Å². The summed E-state index contributed by atoms with van der Waals surface area (Å²) in [5, 5.41) is 0. The predicted molar refractivity (Wildman–Crippen MR) is 68.9 cm³/mol. The third kappa shape index (κ3) is 2.54. The van der Waals surface area contributed by atoms with Crippen LogP contribution >= 0.6 is 0 Å². The van der Waals surface area contributed by atoms with Crippen LogP contribution in [0.3, 0.4) is 0 Å². The van der Waals surface area contributed by atoms with E-state index in [1.807, 2.05) is 13.0 Å². The van der Waals surface area contributed by atoms with Crippen LogP contribution < -0.4 is 5.73 Å². The second kappa shape index (κ2) is 5.13. The van der Waals surface area contributed by atoms with Crippen molar-refractivity contribution in [2.45, 2.75) is 39.0 Å². The van der Waals surface area contributed by atoms with E-state index in [1.165, 1.54) is 12.8 Å². The van der Waals surface area contributed by atoms with E-state index in [2.05, 4.69) is 11.1 Å². The van der Waals surface area contributed by atoms with E-state index in [9.17, 15) is 4.79 Å². The number of pyridine rings is 1. The van der Waals surface area contributed by atoms with Gasteiger partial charge < -0.3 is 5.73 Å². The number of nitrogen functional groups attached to an aromatic ring is 1. The van der Waals surface area contributed by atoms with Crippen LogP contribution in [0.1, 0.15) is 48.0 Å². The van der Waals surface area contributed by atoms with E-state index in [0.717, 1.165) is 30.4 Å². The molecule has 0 saturated carbocycles. The number of rotatable bonds is 2. The van der Waals surface area contributed by atoms with E-state index in [1.54, 1.807) is 6.20 Å². The van der Waals surface area contributed by atoms with Crippen molar-refractivity contribution in [3.05, 3.63) is 35.0 Å². The summed E-state index contributed by atoms with van der Waals surface area (Å²) in [7, 11) is 0. The number of carbonyl (C=O) groups excluding carboxylic acids is 1. The summed E-state index contributed by atoms with van der Waals surface area (Å²) >= 11 is 0. The Morgan fingerprint density at radius 3 is 2.94 bits per heavy atom. The predicted octanol–water partition coefficient (Wildman–Crippen LogP) is 3.05. The van der Waals surface area contributed by atoms with Crippen LogP contribution in [0.4, 0.5) is 5.82 Å². The number of hydrogen-bond acceptors (Lipinski definition) is 3. The van der Waals surface area contributed by atoms with Crippen LogP contribution in [0.15, 0.2) is 23.9 Å². The van der Waals surface area contributed by atoms with Gasteiger partial charge >= 0.3 is 0 Å². The Morgan fingerprint density at radius 1 is 1.35 bits per heavy atom. The summed E-state index contributed by atoms with van der Waals surface area (Å²) in [6, 6.07) is 1.83. The van der Waals surface area contributed by atoms with Crippen molar-refractivity contribution in [2.24, 2.45) is 0 Å². The molecular weight excluding hydrogens is 212 g/mol. The molecule has 0 aliphatic heterocycles. The van der Waals surface area contributed by atoms with E-state index < -0.39 is 0 Å². The number of allylic oxidation sites excluding steroid dienone is 2. The lowest BCUT2D eigenvalue weighted by atomic mass is 9.97. The first-order chi connectivity index (χ1) is 8.20. The van der Waals surface area contributed by atoms with Gasteiger partial charge in [0.1, 0.15) is 5.82 Å². The number of carbonyl (C=O) groups is 1. The van der Waals surface area contributed by atoms with Crippen molar-refractivity contribution in [1.82, 2.24) is 4.98 Å². The highest BCUT2D eigenvalue weighted by atomic mass is 16.1. The molecule has 3 nitrogen and oxygen atoms in total. The summed E-state index contributed by atoms with van der Waals surface area (Å²) in [5.74, 6) is 0.412. The molecule has 0 amide bonds. The molecule has 0 spiro atoms. The van der Waals surface area contributed by atoms with E-state index >= 15 is 0 Å². The fraction of sp³-hybridized carbons (Fsp3) is 0.429. The van der Waals surface area contributed by atoms with Crippen molar-refractivity contribution < 1.29 is 4.79 Å². The third-order valence-corrected chi connectivity index (χ3v) is 3.25. The van der Waals surface area contributed by atoms with Gasteiger partial charge in [-0.05, 0) is 49.8 Å². The Hall–Kier alpha value is -1.64. The molecule has 2 N–H and O–H groups in total. The van der Waals surface area contributed by atoms with Gasteiger partial charge in [0.2, 0.25) is 0 Å². The van der Waals surface area contributed by atoms with Crippen LogP contribution in [0, 0.1) is 6.92 Å². The van der Waals surface area contributed by atoms with Crippen molar-refractivity contribution in [1.29, 1.82) is 0 Å². The highest BCUT2D eigenvalue weighted by Crippen LogP contribution is 2.24. The maximum atomic E-state index is 12.4. The van der Waals surface area contributed by atoms with Crippen molar-refractivity contribution in [3.8, 4) is 0 Å². The second-order valence-corrected chi connectivity index (χ2v) is 4.55. The smallest absolute Gasteiger partial charge is 0.192 e. The molecule has 0 unspecified atom stereocenters. The maximum absolute atomic E-state index is 12.4. The number of nitrogens with zero attached hydrogens (tertiary/aromatic N) is 1. The van der Waals surface area contributed by atoms with Gasteiger partial charge in [-0.2, -0.15) is 0 Å². The lowest BCUT2D eigenvalue weighted by molar-refractivity contribution is 0.103. The first-order valence-electron chi connectivity index (χ1n) is 6.15. The highest BCUT2D eigenvalue weighted by Gasteiger charge is 2.18. The Morgan fingerprint density at radius 2 is 2.18 bits per heavy atom. The Kier molecular flexibility index (Phi) is 3.57. The van der Waals surface area contributed by atoms with Crippen molar-refractivity contribution in [3.63, 3.8) is 0 Å². The van der Waals surface area contributed by atoms with Crippen LogP contribution in [-0.2, 0) is 0 Å². The highest BCUT2D eigenvalue weighted by molar-refractivity contribution is 6.12. The molecule has 3 heteroatoms. The molecule has 17 heavy (non-hydrogen) atoms. The fourth-order valence-electron chi connectivity index (χ4n) is 2.26. The fourth-order valence-corrected chi connectivity index (χ4v) is 2.26. The van der Waals surface area contributed by atoms with E-state index in [-0.39, 0.29) is 5.78 Å². The van der Waals surface area contributed by atoms with Crippen molar-refractivity contribution >= 4 is 11.6 Å². The van der Waals surface area contributed by atoms with Gasteiger partial charge in [-0.3, -0.25) is 4.79 Å². The SMILES string of the molecule is Cc1ccnc(N)c1C(=O)C1=CCCCCC1. The first kappa shape index (κ1) is 11.8. The summed E-state index contributed by atoms with van der Waals surface area (Å²) in [6.07, 6.45) is 9.06. The summed E-state index contributed by atoms with van der Waals surface area (Å²) in [6.45, 7) is 1.91. The average Bonchev–Trinajstić information content (AvgIpc) is 2.57. The lowest BCUT2D eigenvalue weighted by Gasteiger charge is -2.09. The molecule has 90 valence electrons. The monoisotopic (exact) mass is 230 g/mol. The molecule has 2 rings (SSSR count). The quantitative estimate of drug-likeness (QED) is 0.794. The molecule has 0 fully saturated rings. The second-order valence-electron chi connectivity index (χ2n) is 4.55. The normalized spacial score (nSPS) is 16.2. The van der Waals surface area contributed by atoms with Crippen LogP contribution in [0.25, 0.3) is 0 Å². The standard InChI is InChI=1S/C14H18N2O/c1-10-8-9-16-14(15)12(10)13(17)11-6-4-2-3-5-7-11/h6,8-9H,2-5,7H2,1H3,(H2,15,16). The molecule has 0 radical (unpaired) electrons. The van der Waals surface area contributed by atoms with Crippen molar-refractivity contribution in [2.75, 3.05) is 5.73 Å². The largest absolute Gasteiger partial charge is 0.383 e. The van der Waals surface area contributed by atoms with Crippen LogP contribution in [-0.4, -0.2) is 10.8 Å². The minimum atomic E-state index is 0.0648. The minimum absolute atomic E-state index is 0.0648. The number of Topliss-reactive ketones (excluding diaryl/α,β-unsaturated/α-hetero) is 1. The molecule has 1 aromatic rings. The third-order valence-electron chi connectivity index (χ3n) is 3.25. The Bertz CT molecular complexity index is 443. The zero-order chi connectivity index (χ0) is 12.3. The maximum Gasteiger partial charge on any atom is 0.192 e. The number of aromatic nitrogens is 1. The zero-order valence-corrected chi connectivity index (χ0v) is 10.2. The number of anilines is 1. The van der Waals surface area contributed by atoms with Gasteiger partial charge in [0, 0.05) is 6.20 Å². The van der Waals surface area contributed by atoms with Gasteiger partial charge in [0.15, 0.2) is 5.78 Å². The molecule has 1 aliphatic rings. The van der Waals surface area contributed by atoms with Gasteiger partial charge in [-0.1, -0.05) is 12.5 Å². The zero-order valence-electron chi connectivity index (χ0n) is 10.2. The minimum Gasteiger partial charge on any atom is -0.383 e. The summed E-state index contributed by atoms with van der Waals surface area (Å²) in [4.78, 5) is 16.4. The van der Waals surface area contributed by atoms with Gasteiger partial charge in [-0.25, -0.2) is 4.98 Å². The molecule has 0 aromatic carbocycles. The number of aryl methyl sites for hydroxylation is 1. The molecular formula is C14H18N2O. The average molecular weight is 230 g/mol. The molecule has 0 atom stereocenters. The topological polar surface area (TPSA) is 56.0 Å². The molecule has 1 aliphatic carbocycles. The summed E-state index contributed by atoms with van der Waals surface area (Å²) in [5.41, 5.74) is 8.21. The molecule has 1 heterocycles. The number of nitrogens with two attached hydrogens (primary N) is 1. The van der Waals surface area contributed by atoms with Crippen LogP contribution in [0.2, 0.25) is 0 Å². The van der Waals surface area contributed by atoms with E-state index in [0.29, 0.717) is 11.4 Å². The Labute approximate surface area is 102 Å². The lowest BCUT2D eigenvalue weighted by Crippen LogP contribution is -2.10. The van der Waals surface area contributed by atoms with Crippen LogP contribution in [0.5, 0.6) is 0 Å². The molecule has 0 saturated heterocycles. The number of hydrogen-bond donors (Lipinski definition) is 1. The van der Waals surface area contributed by atoms with E-state index in [4.69, 9.17) is 5.73 Å². The Balaban J connectivity index is 2.33. The van der Waals surface area contributed by atoms with Gasteiger partial charge in [-0.15, -0.1) is 0 Å². The molecule has 0 bridgehead atoms.